The molecule has 2 atom stereocenters. The maximum absolute atomic E-state index is 12.2. The van der Waals surface area contributed by atoms with Crippen molar-refractivity contribution in [2.75, 3.05) is 36.9 Å². The maximum Gasteiger partial charge on any atom is 0.236 e. The molecule has 0 aromatic carbocycles. The molecule has 0 bridgehead atoms. The Kier molecular flexibility index (Phi) is 4.22. The molecular formula is C10H18N2OS2. The number of nitrogens with zero attached hydrogens (tertiary/aromatic N) is 1. The van der Waals surface area contributed by atoms with E-state index in [1.165, 1.54) is 5.75 Å². The molecule has 0 aliphatic carbocycles. The van der Waals surface area contributed by atoms with Crippen LogP contribution in [-0.4, -0.2) is 59.0 Å². The standard InChI is InChI=1S/C10H18N2OS2/c1-8-6-12(3-2-11-8)10(13)9-7-14-4-5-15-9/h8-9,11H,2-7H2,1H3/t8-,9?/m1/s1. The zero-order chi connectivity index (χ0) is 10.7. The summed E-state index contributed by atoms with van der Waals surface area (Å²) in [7, 11) is 0. The van der Waals surface area contributed by atoms with Crippen LogP contribution in [0.1, 0.15) is 6.92 Å². The number of carbonyl (C=O) groups excluding carboxylic acids is 1. The van der Waals surface area contributed by atoms with Crippen LogP contribution in [0.3, 0.4) is 0 Å². The highest BCUT2D eigenvalue weighted by Gasteiger charge is 2.28. The van der Waals surface area contributed by atoms with Gasteiger partial charge in [0.2, 0.25) is 5.91 Å². The first-order valence-electron chi connectivity index (χ1n) is 5.49. The number of hydrogen-bond acceptors (Lipinski definition) is 4. The summed E-state index contributed by atoms with van der Waals surface area (Å²) in [6.07, 6.45) is 0. The van der Waals surface area contributed by atoms with Crippen molar-refractivity contribution in [3.63, 3.8) is 0 Å². The van der Waals surface area contributed by atoms with Crippen molar-refractivity contribution in [3.8, 4) is 0 Å². The Balaban J connectivity index is 1.88. The van der Waals surface area contributed by atoms with E-state index in [2.05, 4.69) is 12.2 Å². The lowest BCUT2D eigenvalue weighted by Gasteiger charge is -2.34. The van der Waals surface area contributed by atoms with Crippen LogP contribution >= 0.6 is 23.5 Å². The van der Waals surface area contributed by atoms with Crippen LogP contribution < -0.4 is 5.32 Å². The van der Waals surface area contributed by atoms with Crippen LogP contribution in [0.4, 0.5) is 0 Å². The summed E-state index contributed by atoms with van der Waals surface area (Å²) in [6, 6.07) is 0.448. The summed E-state index contributed by atoms with van der Waals surface area (Å²) >= 11 is 3.75. The molecule has 1 unspecified atom stereocenters. The van der Waals surface area contributed by atoms with E-state index < -0.39 is 0 Å². The molecule has 1 N–H and O–H groups in total. The highest BCUT2D eigenvalue weighted by molar-refractivity contribution is 8.07. The second kappa shape index (κ2) is 5.46. The van der Waals surface area contributed by atoms with Crippen molar-refractivity contribution >= 4 is 29.4 Å². The fourth-order valence-corrected chi connectivity index (χ4v) is 4.60. The van der Waals surface area contributed by atoms with Gasteiger partial charge in [-0.15, -0.1) is 11.8 Å². The van der Waals surface area contributed by atoms with Gasteiger partial charge in [-0.25, -0.2) is 0 Å². The first-order chi connectivity index (χ1) is 7.27. The van der Waals surface area contributed by atoms with Gasteiger partial charge in [-0.05, 0) is 6.92 Å². The lowest BCUT2D eigenvalue weighted by Crippen LogP contribution is -2.53. The number of piperazine rings is 1. The van der Waals surface area contributed by atoms with E-state index in [9.17, 15) is 4.79 Å². The van der Waals surface area contributed by atoms with Crippen molar-refractivity contribution in [2.45, 2.75) is 18.2 Å². The second-order valence-corrected chi connectivity index (χ2v) is 6.53. The number of carbonyl (C=O) groups is 1. The van der Waals surface area contributed by atoms with Gasteiger partial charge in [0.15, 0.2) is 0 Å². The monoisotopic (exact) mass is 246 g/mol. The molecule has 5 heteroatoms. The van der Waals surface area contributed by atoms with Crippen molar-refractivity contribution < 1.29 is 4.79 Å². The van der Waals surface area contributed by atoms with Crippen molar-refractivity contribution in [1.82, 2.24) is 10.2 Å². The van der Waals surface area contributed by atoms with Gasteiger partial charge in [0.25, 0.3) is 0 Å². The third kappa shape index (κ3) is 3.04. The first kappa shape index (κ1) is 11.6. The minimum absolute atomic E-state index is 0.217. The normalized spacial score (nSPS) is 32.7. The molecule has 0 radical (unpaired) electrons. The SMILES string of the molecule is C[C@@H]1CN(C(=O)C2CSCCS2)CCN1. The molecule has 0 aromatic heterocycles. The third-order valence-electron chi connectivity index (χ3n) is 2.77. The summed E-state index contributed by atoms with van der Waals surface area (Å²) < 4.78 is 0. The molecule has 3 nitrogen and oxygen atoms in total. The Morgan fingerprint density at radius 2 is 2.33 bits per heavy atom. The van der Waals surface area contributed by atoms with Gasteiger partial charge in [-0.2, -0.15) is 11.8 Å². The molecule has 2 aliphatic rings. The number of hydrogen-bond donors (Lipinski definition) is 1. The summed E-state index contributed by atoms with van der Waals surface area (Å²) in [5.41, 5.74) is 0. The van der Waals surface area contributed by atoms with Gasteiger partial charge in [-0.1, -0.05) is 0 Å². The van der Waals surface area contributed by atoms with Gasteiger partial charge in [0.1, 0.15) is 0 Å². The number of amides is 1. The number of rotatable bonds is 1. The van der Waals surface area contributed by atoms with Crippen LogP contribution in [0.2, 0.25) is 0 Å². The molecule has 86 valence electrons. The molecule has 0 saturated carbocycles. The lowest BCUT2D eigenvalue weighted by atomic mass is 10.2. The Hall–Kier alpha value is 0.130. The van der Waals surface area contributed by atoms with Gasteiger partial charge >= 0.3 is 0 Å². The molecule has 0 spiro atoms. The van der Waals surface area contributed by atoms with E-state index in [1.807, 2.05) is 28.4 Å². The highest BCUT2D eigenvalue weighted by atomic mass is 32.2. The predicted octanol–water partition coefficient (Wildman–Crippen LogP) is 0.655. The largest absolute Gasteiger partial charge is 0.339 e. The molecule has 15 heavy (non-hydrogen) atoms. The highest BCUT2D eigenvalue weighted by Crippen LogP contribution is 2.25. The van der Waals surface area contributed by atoms with Gasteiger partial charge in [0.05, 0.1) is 5.25 Å². The molecule has 2 fully saturated rings. The fourth-order valence-electron chi connectivity index (χ4n) is 1.97. The molecule has 2 aliphatic heterocycles. The minimum atomic E-state index is 0.217. The number of thioether (sulfide) groups is 2. The minimum Gasteiger partial charge on any atom is -0.339 e. The Morgan fingerprint density at radius 3 is 3.00 bits per heavy atom. The van der Waals surface area contributed by atoms with Gasteiger partial charge in [0, 0.05) is 42.9 Å². The zero-order valence-corrected chi connectivity index (χ0v) is 10.7. The van der Waals surface area contributed by atoms with Crippen LogP contribution in [0.25, 0.3) is 0 Å². The Bertz CT molecular complexity index is 231. The average molecular weight is 246 g/mol. The molecule has 2 heterocycles. The summed E-state index contributed by atoms with van der Waals surface area (Å²) in [5.74, 6) is 3.69. The molecule has 0 aromatic rings. The van der Waals surface area contributed by atoms with Crippen molar-refractivity contribution in [2.24, 2.45) is 0 Å². The van der Waals surface area contributed by atoms with Crippen molar-refractivity contribution in [3.05, 3.63) is 0 Å². The Labute approximate surface area is 99.7 Å². The zero-order valence-electron chi connectivity index (χ0n) is 9.07. The lowest BCUT2D eigenvalue weighted by molar-refractivity contribution is -0.131. The fraction of sp³-hybridized carbons (Fsp3) is 0.900. The smallest absolute Gasteiger partial charge is 0.236 e. The van der Waals surface area contributed by atoms with E-state index in [1.54, 1.807) is 0 Å². The van der Waals surface area contributed by atoms with E-state index in [-0.39, 0.29) is 5.25 Å². The second-order valence-electron chi connectivity index (χ2n) is 4.07. The van der Waals surface area contributed by atoms with Crippen LogP contribution in [-0.2, 0) is 4.79 Å². The summed E-state index contributed by atoms with van der Waals surface area (Å²) in [5, 5.41) is 3.58. The van der Waals surface area contributed by atoms with E-state index >= 15 is 0 Å². The molecule has 2 saturated heterocycles. The van der Waals surface area contributed by atoms with Crippen LogP contribution in [0, 0.1) is 0 Å². The van der Waals surface area contributed by atoms with E-state index in [0.717, 1.165) is 31.1 Å². The molecule has 1 amide bonds. The summed E-state index contributed by atoms with van der Waals surface area (Å²) in [4.78, 5) is 14.2. The van der Waals surface area contributed by atoms with Crippen LogP contribution in [0.15, 0.2) is 0 Å². The first-order valence-corrected chi connectivity index (χ1v) is 7.69. The average Bonchev–Trinajstić information content (AvgIpc) is 2.29. The molecule has 2 rings (SSSR count). The number of nitrogens with one attached hydrogen (secondary N) is 1. The quantitative estimate of drug-likeness (QED) is 0.736. The van der Waals surface area contributed by atoms with Crippen molar-refractivity contribution in [1.29, 1.82) is 0 Å². The van der Waals surface area contributed by atoms with E-state index in [4.69, 9.17) is 0 Å². The summed E-state index contributed by atoms with van der Waals surface area (Å²) in [6.45, 7) is 4.84. The Morgan fingerprint density at radius 1 is 1.47 bits per heavy atom. The van der Waals surface area contributed by atoms with Gasteiger partial charge < -0.3 is 10.2 Å². The maximum atomic E-state index is 12.2. The predicted molar refractivity (Wildman–Crippen MR) is 67.6 cm³/mol. The topological polar surface area (TPSA) is 32.3 Å². The third-order valence-corrected chi connectivity index (χ3v) is 5.51. The van der Waals surface area contributed by atoms with Crippen LogP contribution in [0.5, 0.6) is 0 Å². The van der Waals surface area contributed by atoms with Gasteiger partial charge in [-0.3, -0.25) is 4.79 Å². The molecular weight excluding hydrogens is 228 g/mol. The van der Waals surface area contributed by atoms with E-state index in [0.29, 0.717) is 11.9 Å².